The number of methoxy groups -OCH3 is 3. The second-order valence-electron chi connectivity index (χ2n) is 4.63. The zero-order valence-corrected chi connectivity index (χ0v) is 13.1. The van der Waals surface area contributed by atoms with Crippen LogP contribution in [0.4, 0.5) is 4.39 Å². The lowest BCUT2D eigenvalue weighted by Gasteiger charge is -2.14. The van der Waals surface area contributed by atoms with Crippen LogP contribution < -0.4 is 14.2 Å². The summed E-state index contributed by atoms with van der Waals surface area (Å²) in [5.74, 6) is 0.464. The minimum Gasteiger partial charge on any atom is -0.493 e. The summed E-state index contributed by atoms with van der Waals surface area (Å²) in [6.45, 7) is 0. The third-order valence-corrected chi connectivity index (χ3v) is 3.25. The van der Waals surface area contributed by atoms with Gasteiger partial charge in [0.15, 0.2) is 17.3 Å². The maximum absolute atomic E-state index is 13.1. The molecule has 0 aromatic heterocycles. The number of halogens is 1. The van der Waals surface area contributed by atoms with Gasteiger partial charge in [0.1, 0.15) is 5.82 Å². The van der Waals surface area contributed by atoms with Crippen LogP contribution in [0.1, 0.15) is 15.9 Å². The van der Waals surface area contributed by atoms with E-state index in [9.17, 15) is 9.18 Å². The number of hydrogen-bond donors (Lipinski definition) is 0. The Labute approximate surface area is 134 Å². The summed E-state index contributed by atoms with van der Waals surface area (Å²) in [6.07, 6.45) is 2.90. The number of carbonyl (C=O) groups is 1. The number of rotatable bonds is 6. The highest BCUT2D eigenvalue weighted by Crippen LogP contribution is 2.40. The average Bonchev–Trinajstić information content (AvgIpc) is 2.58. The van der Waals surface area contributed by atoms with Crippen molar-refractivity contribution in [3.63, 3.8) is 0 Å². The maximum atomic E-state index is 13.1. The van der Waals surface area contributed by atoms with Gasteiger partial charge in [0, 0.05) is 0 Å². The molecule has 0 aliphatic heterocycles. The number of ketones is 1. The normalized spacial score (nSPS) is 10.6. The van der Waals surface area contributed by atoms with Gasteiger partial charge < -0.3 is 14.2 Å². The molecule has 0 N–H and O–H groups in total. The zero-order valence-electron chi connectivity index (χ0n) is 13.1. The first-order chi connectivity index (χ1) is 11.1. The molecule has 2 aromatic carbocycles. The van der Waals surface area contributed by atoms with Crippen molar-refractivity contribution < 1.29 is 23.4 Å². The molecule has 0 radical (unpaired) electrons. The van der Waals surface area contributed by atoms with Crippen molar-refractivity contribution in [1.29, 1.82) is 0 Å². The molecule has 0 saturated heterocycles. The quantitative estimate of drug-likeness (QED) is 0.601. The molecule has 0 fully saturated rings. The van der Waals surface area contributed by atoms with Crippen molar-refractivity contribution >= 4 is 11.9 Å². The first-order valence-electron chi connectivity index (χ1n) is 6.87. The topological polar surface area (TPSA) is 44.8 Å². The van der Waals surface area contributed by atoms with Crippen LogP contribution in [0, 0.1) is 5.82 Å². The predicted octanol–water partition coefficient (Wildman–Crippen LogP) is 3.75. The smallest absolute Gasteiger partial charge is 0.204 e. The molecule has 0 aliphatic carbocycles. The SMILES string of the molecule is COc1ccc(C(=O)/C=C/c2cccc(F)c2)c(OC)c1OC. The van der Waals surface area contributed by atoms with Gasteiger partial charge >= 0.3 is 0 Å². The summed E-state index contributed by atoms with van der Waals surface area (Å²) in [7, 11) is 4.42. The van der Waals surface area contributed by atoms with E-state index in [-0.39, 0.29) is 11.6 Å². The van der Waals surface area contributed by atoms with Gasteiger partial charge in [0.25, 0.3) is 0 Å². The Kier molecular flexibility index (Phi) is 5.36. The molecule has 2 aromatic rings. The van der Waals surface area contributed by atoms with Gasteiger partial charge in [-0.3, -0.25) is 4.79 Å². The van der Waals surface area contributed by atoms with Gasteiger partial charge in [0.2, 0.25) is 5.75 Å². The van der Waals surface area contributed by atoms with E-state index in [1.807, 2.05) is 0 Å². The molecule has 0 amide bonds. The highest BCUT2D eigenvalue weighted by Gasteiger charge is 2.19. The monoisotopic (exact) mass is 316 g/mol. The number of benzene rings is 2. The fourth-order valence-corrected chi connectivity index (χ4v) is 2.17. The summed E-state index contributed by atoms with van der Waals surface area (Å²) < 4.78 is 28.9. The van der Waals surface area contributed by atoms with E-state index in [0.29, 0.717) is 28.4 Å². The minimum absolute atomic E-state index is 0.285. The molecule has 0 heterocycles. The van der Waals surface area contributed by atoms with Crippen molar-refractivity contribution in [3.8, 4) is 17.2 Å². The van der Waals surface area contributed by atoms with Crippen LogP contribution in [0.3, 0.4) is 0 Å². The third kappa shape index (κ3) is 3.69. The molecule has 0 saturated carbocycles. The number of carbonyl (C=O) groups excluding carboxylic acids is 1. The summed E-state index contributed by atoms with van der Waals surface area (Å²) >= 11 is 0. The molecule has 0 spiro atoms. The number of ether oxygens (including phenoxy) is 3. The van der Waals surface area contributed by atoms with Crippen molar-refractivity contribution in [3.05, 3.63) is 59.4 Å². The lowest BCUT2D eigenvalue weighted by Crippen LogP contribution is -2.02. The molecular weight excluding hydrogens is 299 g/mol. The van der Waals surface area contributed by atoms with Crippen LogP contribution in [0.2, 0.25) is 0 Å². The Bertz CT molecular complexity index is 738. The van der Waals surface area contributed by atoms with Crippen molar-refractivity contribution in [2.75, 3.05) is 21.3 Å². The standard InChI is InChI=1S/C18H17FO4/c1-21-16-10-8-14(17(22-2)18(16)23-3)15(20)9-7-12-5-4-6-13(19)11-12/h4-11H,1-3H3/b9-7+. The van der Waals surface area contributed by atoms with Crippen molar-refractivity contribution in [2.24, 2.45) is 0 Å². The Hall–Kier alpha value is -2.82. The van der Waals surface area contributed by atoms with Crippen LogP contribution in [0.25, 0.3) is 6.08 Å². The largest absolute Gasteiger partial charge is 0.493 e. The maximum Gasteiger partial charge on any atom is 0.204 e. The molecule has 5 heteroatoms. The molecule has 0 aliphatic rings. The lowest BCUT2D eigenvalue weighted by atomic mass is 10.1. The molecule has 0 bridgehead atoms. The van der Waals surface area contributed by atoms with Gasteiger partial charge in [-0.25, -0.2) is 4.39 Å². The second-order valence-corrected chi connectivity index (χ2v) is 4.63. The Morgan fingerprint density at radius 1 is 1.00 bits per heavy atom. The molecule has 23 heavy (non-hydrogen) atoms. The average molecular weight is 316 g/mol. The first kappa shape index (κ1) is 16.5. The summed E-state index contributed by atoms with van der Waals surface area (Å²) in [5, 5.41) is 0. The minimum atomic E-state index is -0.358. The van der Waals surface area contributed by atoms with E-state index in [4.69, 9.17) is 14.2 Å². The second kappa shape index (κ2) is 7.45. The van der Waals surface area contributed by atoms with Gasteiger partial charge in [-0.1, -0.05) is 18.2 Å². The molecular formula is C18H17FO4. The fraction of sp³-hybridized carbons (Fsp3) is 0.167. The molecule has 0 atom stereocenters. The summed E-state index contributed by atoms with van der Waals surface area (Å²) in [4.78, 5) is 12.4. The van der Waals surface area contributed by atoms with Crippen molar-refractivity contribution in [2.45, 2.75) is 0 Å². The van der Waals surface area contributed by atoms with E-state index >= 15 is 0 Å². The third-order valence-electron chi connectivity index (χ3n) is 3.25. The highest BCUT2D eigenvalue weighted by molar-refractivity contribution is 6.09. The van der Waals surface area contributed by atoms with Gasteiger partial charge in [0.05, 0.1) is 26.9 Å². The molecule has 120 valence electrons. The number of allylic oxidation sites excluding steroid dienone is 1. The predicted molar refractivity (Wildman–Crippen MR) is 85.9 cm³/mol. The van der Waals surface area contributed by atoms with E-state index in [1.165, 1.54) is 39.5 Å². The van der Waals surface area contributed by atoms with Gasteiger partial charge in [-0.15, -0.1) is 0 Å². The van der Waals surface area contributed by atoms with Crippen molar-refractivity contribution in [1.82, 2.24) is 0 Å². The Morgan fingerprint density at radius 2 is 1.74 bits per heavy atom. The van der Waals surface area contributed by atoms with E-state index in [1.54, 1.807) is 30.3 Å². The van der Waals surface area contributed by atoms with Crippen LogP contribution in [-0.2, 0) is 0 Å². The van der Waals surface area contributed by atoms with E-state index in [2.05, 4.69) is 0 Å². The molecule has 0 unspecified atom stereocenters. The first-order valence-corrected chi connectivity index (χ1v) is 6.87. The number of hydrogen-bond acceptors (Lipinski definition) is 4. The lowest BCUT2D eigenvalue weighted by molar-refractivity contribution is 0.104. The van der Waals surface area contributed by atoms with Crippen LogP contribution in [0.15, 0.2) is 42.5 Å². The summed E-state index contributed by atoms with van der Waals surface area (Å²) in [6, 6.07) is 9.20. The summed E-state index contributed by atoms with van der Waals surface area (Å²) in [5.41, 5.74) is 0.926. The molecule has 2 rings (SSSR count). The Morgan fingerprint density at radius 3 is 2.35 bits per heavy atom. The zero-order chi connectivity index (χ0) is 16.8. The van der Waals surface area contributed by atoms with E-state index < -0.39 is 0 Å². The fourth-order valence-electron chi connectivity index (χ4n) is 2.17. The Balaban J connectivity index is 2.35. The van der Waals surface area contributed by atoms with Gasteiger partial charge in [-0.2, -0.15) is 0 Å². The van der Waals surface area contributed by atoms with Crippen LogP contribution in [0.5, 0.6) is 17.2 Å². The van der Waals surface area contributed by atoms with Gasteiger partial charge in [-0.05, 0) is 35.9 Å². The van der Waals surface area contributed by atoms with Crippen LogP contribution >= 0.6 is 0 Å². The molecule has 4 nitrogen and oxygen atoms in total. The highest BCUT2D eigenvalue weighted by atomic mass is 19.1. The van der Waals surface area contributed by atoms with E-state index in [0.717, 1.165) is 0 Å². The van der Waals surface area contributed by atoms with Crippen LogP contribution in [-0.4, -0.2) is 27.1 Å².